The first kappa shape index (κ1) is 29.0. The third kappa shape index (κ3) is 7.64. The summed E-state index contributed by atoms with van der Waals surface area (Å²) in [7, 11) is 3.61. The predicted molar refractivity (Wildman–Crippen MR) is 138 cm³/mol. The Balaban J connectivity index is 2.29. The summed E-state index contributed by atoms with van der Waals surface area (Å²) in [5.41, 5.74) is 2.04. The Morgan fingerprint density at radius 2 is 1.86 bits per heavy atom. The van der Waals surface area contributed by atoms with Gasteiger partial charge in [0.15, 0.2) is 0 Å². The second-order valence-corrected chi connectivity index (χ2v) is 10.6. The number of carbonyl (C=O) groups excluding carboxylic acids is 1. The molecule has 0 aliphatic carbocycles. The van der Waals surface area contributed by atoms with Crippen molar-refractivity contribution in [2.45, 2.75) is 79.5 Å². The highest BCUT2D eigenvalue weighted by molar-refractivity contribution is 5.95. The Hall–Kier alpha value is -2.19. The predicted octanol–water partition coefficient (Wildman–Crippen LogP) is 6.18. The summed E-state index contributed by atoms with van der Waals surface area (Å²) >= 11 is 0. The van der Waals surface area contributed by atoms with E-state index in [0.717, 1.165) is 34.2 Å². The summed E-state index contributed by atoms with van der Waals surface area (Å²) < 4.78 is 39.3. The quantitative estimate of drug-likeness (QED) is 0.373. The SMILES string of the molecule is CC[C@H](C)[C@@H](C)N(CCN(C)Cc1c(OC)cc(C)c2c1ccn2C(=O)OC(C)(C)C)CC(F)F. The molecule has 1 aromatic carbocycles. The van der Waals surface area contributed by atoms with Gasteiger partial charge in [0.2, 0.25) is 0 Å². The van der Waals surface area contributed by atoms with E-state index >= 15 is 0 Å². The van der Waals surface area contributed by atoms with Gasteiger partial charge in [0, 0.05) is 42.8 Å². The zero-order chi connectivity index (χ0) is 26.5. The van der Waals surface area contributed by atoms with Crippen LogP contribution in [0, 0.1) is 12.8 Å². The van der Waals surface area contributed by atoms with Gasteiger partial charge in [-0.2, -0.15) is 0 Å². The maximum Gasteiger partial charge on any atom is 0.419 e. The number of alkyl halides is 2. The van der Waals surface area contributed by atoms with Gasteiger partial charge in [-0.15, -0.1) is 0 Å². The molecule has 0 aliphatic rings. The topological polar surface area (TPSA) is 46.9 Å². The molecule has 6 nitrogen and oxygen atoms in total. The maximum absolute atomic E-state index is 13.3. The number of halogens is 2. The van der Waals surface area contributed by atoms with E-state index in [0.29, 0.717) is 25.6 Å². The Bertz CT molecular complexity index is 984. The van der Waals surface area contributed by atoms with Gasteiger partial charge in [-0.05, 0) is 65.3 Å². The number of aromatic nitrogens is 1. The smallest absolute Gasteiger partial charge is 0.419 e. The van der Waals surface area contributed by atoms with Crippen molar-refractivity contribution >= 4 is 17.0 Å². The fourth-order valence-corrected chi connectivity index (χ4v) is 4.36. The van der Waals surface area contributed by atoms with E-state index in [9.17, 15) is 13.6 Å². The molecule has 0 spiro atoms. The zero-order valence-corrected chi connectivity index (χ0v) is 22.8. The highest BCUT2D eigenvalue weighted by atomic mass is 19.3. The van der Waals surface area contributed by atoms with Crippen LogP contribution in [0.15, 0.2) is 18.3 Å². The third-order valence-corrected chi connectivity index (χ3v) is 6.65. The van der Waals surface area contributed by atoms with Gasteiger partial charge < -0.3 is 14.4 Å². The van der Waals surface area contributed by atoms with Crippen molar-refractivity contribution in [2.24, 2.45) is 5.92 Å². The lowest BCUT2D eigenvalue weighted by atomic mass is 9.99. The molecule has 0 radical (unpaired) electrons. The number of rotatable bonds is 11. The molecule has 1 aromatic heterocycles. The number of aryl methyl sites for hydroxylation is 1. The molecule has 0 N–H and O–H groups in total. The Morgan fingerprint density at radius 3 is 2.40 bits per heavy atom. The second kappa shape index (κ2) is 12.2. The molecule has 2 aromatic rings. The normalized spacial score (nSPS) is 14.2. The number of nitrogens with zero attached hydrogens (tertiary/aromatic N) is 3. The van der Waals surface area contributed by atoms with Crippen LogP contribution in [0.5, 0.6) is 5.75 Å². The average Bonchev–Trinajstić information content (AvgIpc) is 3.22. The van der Waals surface area contributed by atoms with Gasteiger partial charge in [0.05, 0.1) is 19.2 Å². The Morgan fingerprint density at radius 1 is 1.20 bits per heavy atom. The van der Waals surface area contributed by atoms with Crippen molar-refractivity contribution in [3.63, 3.8) is 0 Å². The number of fused-ring (bicyclic) bond motifs is 1. The molecule has 1 heterocycles. The molecule has 0 bridgehead atoms. The summed E-state index contributed by atoms with van der Waals surface area (Å²) in [5, 5.41) is 0.914. The monoisotopic (exact) mass is 495 g/mol. The van der Waals surface area contributed by atoms with Crippen molar-refractivity contribution in [1.82, 2.24) is 14.4 Å². The number of carbonyl (C=O) groups is 1. The van der Waals surface area contributed by atoms with E-state index in [-0.39, 0.29) is 12.6 Å². The minimum absolute atomic E-state index is 0.0749. The molecule has 0 saturated carbocycles. The highest BCUT2D eigenvalue weighted by Crippen LogP contribution is 2.33. The number of likely N-dealkylation sites (N-methyl/N-ethyl adjacent to an activating group) is 1. The first-order valence-electron chi connectivity index (χ1n) is 12.4. The van der Waals surface area contributed by atoms with Crippen LogP contribution in [0.25, 0.3) is 10.9 Å². The summed E-state index contributed by atoms with van der Waals surface area (Å²) in [5.74, 6) is 1.07. The molecule has 0 fully saturated rings. The van der Waals surface area contributed by atoms with Crippen LogP contribution in [0.4, 0.5) is 13.6 Å². The van der Waals surface area contributed by atoms with Crippen LogP contribution in [-0.2, 0) is 11.3 Å². The summed E-state index contributed by atoms with van der Waals surface area (Å²) in [6.45, 7) is 15.2. The number of hydrogen-bond donors (Lipinski definition) is 0. The Kier molecular flexibility index (Phi) is 10.1. The van der Waals surface area contributed by atoms with Crippen LogP contribution >= 0.6 is 0 Å². The summed E-state index contributed by atoms with van der Waals surface area (Å²) in [6, 6.07) is 3.91. The molecule has 0 saturated heterocycles. The molecule has 2 rings (SSSR count). The third-order valence-electron chi connectivity index (χ3n) is 6.65. The number of benzene rings is 1. The van der Waals surface area contributed by atoms with Gasteiger partial charge in [-0.25, -0.2) is 13.6 Å². The average molecular weight is 496 g/mol. The van der Waals surface area contributed by atoms with Crippen LogP contribution in [0.3, 0.4) is 0 Å². The van der Waals surface area contributed by atoms with Crippen LogP contribution in [-0.4, -0.2) is 72.3 Å². The number of methoxy groups -OCH3 is 1. The van der Waals surface area contributed by atoms with Crippen molar-refractivity contribution < 1.29 is 23.0 Å². The largest absolute Gasteiger partial charge is 0.496 e. The number of ether oxygens (including phenoxy) is 2. The molecule has 0 unspecified atom stereocenters. The maximum atomic E-state index is 13.3. The van der Waals surface area contributed by atoms with Gasteiger partial charge in [0.25, 0.3) is 6.43 Å². The van der Waals surface area contributed by atoms with Crippen molar-refractivity contribution in [3.05, 3.63) is 29.5 Å². The van der Waals surface area contributed by atoms with E-state index in [1.807, 2.05) is 58.7 Å². The molecular weight excluding hydrogens is 452 g/mol. The van der Waals surface area contributed by atoms with Crippen molar-refractivity contribution in [1.29, 1.82) is 0 Å². The van der Waals surface area contributed by atoms with Gasteiger partial charge in [-0.3, -0.25) is 9.47 Å². The standard InChI is InChI=1S/C27H43F2N3O3/c1-10-18(2)20(4)31(17-24(28)29)14-13-30(8)16-22-21-11-12-32(26(33)35-27(5,6)7)25(21)19(3)15-23(22)34-9/h11-12,15,18,20,24H,10,13-14,16-17H2,1-9H3/t18-,20+/m0/s1. The van der Waals surface area contributed by atoms with Crippen LogP contribution < -0.4 is 4.74 Å². The first-order chi connectivity index (χ1) is 16.3. The van der Waals surface area contributed by atoms with Crippen molar-refractivity contribution in [2.75, 3.05) is 33.8 Å². The lowest BCUT2D eigenvalue weighted by Gasteiger charge is -2.34. The molecular formula is C27H43F2N3O3. The molecule has 35 heavy (non-hydrogen) atoms. The van der Waals surface area contributed by atoms with Crippen LogP contribution in [0.2, 0.25) is 0 Å². The molecule has 198 valence electrons. The fraction of sp³-hybridized carbons (Fsp3) is 0.667. The highest BCUT2D eigenvalue weighted by Gasteiger charge is 2.24. The lowest BCUT2D eigenvalue weighted by Crippen LogP contribution is -2.44. The van der Waals surface area contributed by atoms with Crippen molar-refractivity contribution in [3.8, 4) is 5.75 Å². The van der Waals surface area contributed by atoms with E-state index < -0.39 is 18.1 Å². The Labute approximate surface area is 209 Å². The van der Waals surface area contributed by atoms with E-state index in [4.69, 9.17) is 9.47 Å². The minimum Gasteiger partial charge on any atom is -0.496 e. The van der Waals surface area contributed by atoms with Crippen LogP contribution in [0.1, 0.15) is 59.1 Å². The van der Waals surface area contributed by atoms with E-state index in [2.05, 4.69) is 18.7 Å². The van der Waals surface area contributed by atoms with E-state index in [1.165, 1.54) is 4.57 Å². The fourth-order valence-electron chi connectivity index (χ4n) is 4.36. The molecule has 8 heteroatoms. The van der Waals surface area contributed by atoms with Gasteiger partial charge >= 0.3 is 6.09 Å². The van der Waals surface area contributed by atoms with E-state index in [1.54, 1.807) is 13.3 Å². The van der Waals surface area contributed by atoms with Gasteiger partial charge in [0.1, 0.15) is 11.4 Å². The summed E-state index contributed by atoms with van der Waals surface area (Å²) in [6.07, 6.45) is -0.116. The number of hydrogen-bond acceptors (Lipinski definition) is 5. The first-order valence-corrected chi connectivity index (χ1v) is 12.4. The molecule has 2 atom stereocenters. The lowest BCUT2D eigenvalue weighted by molar-refractivity contribution is 0.0493. The summed E-state index contributed by atoms with van der Waals surface area (Å²) in [4.78, 5) is 16.8. The molecule has 0 aliphatic heterocycles. The van der Waals surface area contributed by atoms with Gasteiger partial charge in [-0.1, -0.05) is 20.3 Å². The minimum atomic E-state index is -2.36. The zero-order valence-electron chi connectivity index (χ0n) is 22.8. The second-order valence-electron chi connectivity index (χ2n) is 10.6. The molecule has 0 amide bonds.